The van der Waals surface area contributed by atoms with Crippen LogP contribution in [0, 0.1) is 5.92 Å². The Hall–Kier alpha value is -1.61. The Bertz CT molecular complexity index is 638. The van der Waals surface area contributed by atoms with Crippen molar-refractivity contribution in [3.8, 4) is 0 Å². The van der Waals surface area contributed by atoms with Gasteiger partial charge in [0.15, 0.2) is 16.1 Å². The summed E-state index contributed by atoms with van der Waals surface area (Å²) in [5, 5.41) is 0.500. The van der Waals surface area contributed by atoms with Gasteiger partial charge in [-0.15, -0.1) is 0 Å². The highest BCUT2D eigenvalue weighted by molar-refractivity contribution is 8.13. The summed E-state index contributed by atoms with van der Waals surface area (Å²) >= 11 is 2.53. The van der Waals surface area contributed by atoms with Gasteiger partial charge in [-0.2, -0.15) is 0 Å². The van der Waals surface area contributed by atoms with Gasteiger partial charge in [0, 0.05) is 31.8 Å². The minimum Gasteiger partial charge on any atom is -0.465 e. The third kappa shape index (κ3) is 4.23. The molecule has 0 N–H and O–H groups in total. The van der Waals surface area contributed by atoms with Crippen LogP contribution in [0.2, 0.25) is 0 Å². The molecule has 7 nitrogen and oxygen atoms in total. The zero-order chi connectivity index (χ0) is 17.0. The molecular weight excluding hydrogens is 338 g/mol. The minimum atomic E-state index is -0.581. The average molecular weight is 355 g/mol. The maximum atomic E-state index is 12.3. The number of amides is 1. The van der Waals surface area contributed by atoms with Gasteiger partial charge in [-0.25, -0.2) is 14.8 Å². The van der Waals surface area contributed by atoms with Crippen LogP contribution >= 0.6 is 23.5 Å². The van der Waals surface area contributed by atoms with E-state index in [9.17, 15) is 14.4 Å². The molecule has 1 aromatic heterocycles. The second kappa shape index (κ2) is 7.78. The number of hydrogen-bond acceptors (Lipinski definition) is 8. The van der Waals surface area contributed by atoms with Crippen molar-refractivity contribution in [3.05, 3.63) is 11.8 Å². The van der Waals surface area contributed by atoms with E-state index in [2.05, 4.69) is 9.97 Å². The Labute approximate surface area is 142 Å². The Morgan fingerprint density at radius 3 is 2.83 bits per heavy atom. The molecule has 1 aliphatic rings. The van der Waals surface area contributed by atoms with Gasteiger partial charge in [-0.05, 0) is 12.2 Å². The summed E-state index contributed by atoms with van der Waals surface area (Å²) in [7, 11) is 1.27. The van der Waals surface area contributed by atoms with Crippen molar-refractivity contribution in [2.24, 2.45) is 5.92 Å². The second-order valence-corrected chi connectivity index (χ2v) is 6.93. The van der Waals surface area contributed by atoms with Crippen LogP contribution in [-0.4, -0.2) is 52.6 Å². The van der Waals surface area contributed by atoms with Gasteiger partial charge in [-0.3, -0.25) is 14.5 Å². The van der Waals surface area contributed by atoms with Gasteiger partial charge < -0.3 is 4.74 Å². The van der Waals surface area contributed by atoms with Gasteiger partial charge in [0.1, 0.15) is 5.56 Å². The van der Waals surface area contributed by atoms with E-state index in [0.717, 1.165) is 0 Å². The van der Waals surface area contributed by atoms with Crippen LogP contribution in [-0.2, 0) is 14.3 Å². The first kappa shape index (κ1) is 17.7. The summed E-state index contributed by atoms with van der Waals surface area (Å²) in [6.07, 6.45) is 3.53. The van der Waals surface area contributed by atoms with E-state index >= 15 is 0 Å². The molecule has 124 valence electrons. The van der Waals surface area contributed by atoms with Gasteiger partial charge in [0.05, 0.1) is 7.11 Å². The molecule has 0 radical (unpaired) electrons. The maximum absolute atomic E-state index is 12.3. The first-order valence-electron chi connectivity index (χ1n) is 6.89. The molecule has 2 rings (SSSR count). The van der Waals surface area contributed by atoms with E-state index < -0.39 is 5.97 Å². The van der Waals surface area contributed by atoms with Crippen molar-refractivity contribution in [2.45, 2.75) is 18.5 Å². The Morgan fingerprint density at radius 2 is 2.22 bits per heavy atom. The predicted molar refractivity (Wildman–Crippen MR) is 88.8 cm³/mol. The van der Waals surface area contributed by atoms with E-state index in [-0.39, 0.29) is 28.3 Å². The lowest BCUT2D eigenvalue weighted by Gasteiger charge is -2.18. The number of esters is 1. The maximum Gasteiger partial charge on any atom is 0.343 e. The third-order valence-electron chi connectivity index (χ3n) is 3.32. The lowest BCUT2D eigenvalue weighted by atomic mass is 10.1. The minimum absolute atomic E-state index is 0.0258. The molecule has 1 amide bonds. The van der Waals surface area contributed by atoms with E-state index in [1.165, 1.54) is 48.7 Å². The van der Waals surface area contributed by atoms with Crippen LogP contribution < -0.4 is 4.90 Å². The fourth-order valence-corrected chi connectivity index (χ4v) is 3.28. The quantitative estimate of drug-likeness (QED) is 0.447. The Balaban J connectivity index is 2.27. The summed E-state index contributed by atoms with van der Waals surface area (Å²) in [4.78, 5) is 45.1. The summed E-state index contributed by atoms with van der Waals surface area (Å²) in [5.74, 6) is 0.203. The molecule has 0 bridgehead atoms. The van der Waals surface area contributed by atoms with Crippen LogP contribution in [0.5, 0.6) is 0 Å². The lowest BCUT2D eigenvalue weighted by molar-refractivity contribution is -0.117. The molecule has 1 unspecified atom stereocenters. The number of carbonyl (C=O) groups excluding carboxylic acids is 3. The zero-order valence-corrected chi connectivity index (χ0v) is 14.7. The topological polar surface area (TPSA) is 89.5 Å². The fraction of sp³-hybridized carbons (Fsp3) is 0.500. The molecule has 0 aromatic carbocycles. The third-order valence-corrected chi connectivity index (χ3v) is 4.92. The molecule has 1 aliphatic heterocycles. The molecule has 1 fully saturated rings. The first-order valence-corrected chi connectivity index (χ1v) is 9.10. The highest BCUT2D eigenvalue weighted by Gasteiger charge is 2.34. The van der Waals surface area contributed by atoms with Gasteiger partial charge >= 0.3 is 5.97 Å². The van der Waals surface area contributed by atoms with Crippen molar-refractivity contribution >= 4 is 46.3 Å². The van der Waals surface area contributed by atoms with Crippen molar-refractivity contribution in [3.63, 3.8) is 0 Å². The fourth-order valence-electron chi connectivity index (χ4n) is 2.25. The number of methoxy groups -OCH3 is 1. The molecule has 1 atom stereocenters. The molecule has 0 aliphatic carbocycles. The largest absolute Gasteiger partial charge is 0.465 e. The monoisotopic (exact) mass is 355 g/mol. The number of hydrogen-bond donors (Lipinski definition) is 0. The summed E-state index contributed by atoms with van der Waals surface area (Å²) in [6.45, 7) is 1.93. The smallest absolute Gasteiger partial charge is 0.343 e. The number of ether oxygens (including phenoxy) is 1. The zero-order valence-electron chi connectivity index (χ0n) is 13.1. The van der Waals surface area contributed by atoms with Crippen LogP contribution in [0.4, 0.5) is 5.82 Å². The van der Waals surface area contributed by atoms with E-state index in [4.69, 9.17) is 4.74 Å². The van der Waals surface area contributed by atoms with Crippen molar-refractivity contribution in [2.75, 3.05) is 30.6 Å². The van der Waals surface area contributed by atoms with Crippen LogP contribution in [0.15, 0.2) is 11.4 Å². The van der Waals surface area contributed by atoms with Crippen LogP contribution in [0.1, 0.15) is 23.7 Å². The average Bonchev–Trinajstić information content (AvgIpc) is 2.92. The molecule has 2 heterocycles. The molecule has 1 saturated heterocycles. The molecule has 23 heavy (non-hydrogen) atoms. The highest BCUT2D eigenvalue weighted by atomic mass is 32.2. The van der Waals surface area contributed by atoms with Gasteiger partial charge in [-0.1, -0.05) is 23.5 Å². The van der Waals surface area contributed by atoms with E-state index in [1.54, 1.807) is 0 Å². The van der Waals surface area contributed by atoms with Crippen LogP contribution in [0.3, 0.4) is 0 Å². The van der Waals surface area contributed by atoms with Crippen LogP contribution in [0.25, 0.3) is 0 Å². The summed E-state index contributed by atoms with van der Waals surface area (Å²) < 4.78 is 4.74. The number of carbonyl (C=O) groups is 3. The normalized spacial score (nSPS) is 17.4. The second-order valence-electron chi connectivity index (χ2n) is 4.96. The van der Waals surface area contributed by atoms with E-state index in [1.807, 2.05) is 6.26 Å². The molecule has 0 saturated carbocycles. The standard InChI is InChI=1S/C14H17N3O4S2/c1-8(18)23-7-9-4-11(19)17(6-9)12-10(13(20)21-2)5-15-14(16-12)22-3/h5,9H,4,6-7H2,1-3H3. The van der Waals surface area contributed by atoms with Gasteiger partial charge in [0.2, 0.25) is 5.91 Å². The number of nitrogens with zero attached hydrogens (tertiary/aromatic N) is 3. The predicted octanol–water partition coefficient (Wildman–Crippen LogP) is 1.62. The number of anilines is 1. The molecule has 1 aromatic rings. The Morgan fingerprint density at radius 1 is 1.48 bits per heavy atom. The molecular formula is C14H17N3O4S2. The molecule has 9 heteroatoms. The Kier molecular flexibility index (Phi) is 6.00. The van der Waals surface area contributed by atoms with Crippen molar-refractivity contribution in [1.82, 2.24) is 9.97 Å². The van der Waals surface area contributed by atoms with E-state index in [0.29, 0.717) is 23.9 Å². The highest BCUT2D eigenvalue weighted by Crippen LogP contribution is 2.29. The first-order chi connectivity index (χ1) is 11.0. The number of thioether (sulfide) groups is 2. The lowest BCUT2D eigenvalue weighted by Crippen LogP contribution is -2.28. The SMILES string of the molecule is COC(=O)c1cnc(SC)nc1N1CC(CSC(C)=O)CC1=O. The van der Waals surface area contributed by atoms with Crippen molar-refractivity contribution < 1.29 is 19.1 Å². The molecule has 0 spiro atoms. The number of rotatable bonds is 5. The summed E-state index contributed by atoms with van der Waals surface area (Å²) in [5.41, 5.74) is 0.165. The van der Waals surface area contributed by atoms with Crippen molar-refractivity contribution in [1.29, 1.82) is 0 Å². The summed E-state index contributed by atoms with van der Waals surface area (Å²) in [6, 6.07) is 0. The number of aromatic nitrogens is 2. The van der Waals surface area contributed by atoms with Gasteiger partial charge in [0.25, 0.3) is 0 Å².